The van der Waals surface area contributed by atoms with E-state index in [0.717, 1.165) is 11.1 Å². The van der Waals surface area contributed by atoms with Gasteiger partial charge in [-0.3, -0.25) is 9.59 Å². The summed E-state index contributed by atoms with van der Waals surface area (Å²) in [6, 6.07) is 36.5. The number of anilines is 2. The van der Waals surface area contributed by atoms with E-state index in [9.17, 15) is 9.59 Å². The molecule has 258 valence electrons. The van der Waals surface area contributed by atoms with Gasteiger partial charge in [-0.25, -0.2) is 9.97 Å². The number of aromatic nitrogens is 2. The number of rotatable bonds is 10. The van der Waals surface area contributed by atoms with E-state index in [0.29, 0.717) is 78.7 Å². The summed E-state index contributed by atoms with van der Waals surface area (Å²) in [4.78, 5) is 37.5. The Hall–Kier alpha value is -6.94. The Morgan fingerprint density at radius 2 is 0.885 bits per heavy atom. The highest BCUT2D eigenvalue weighted by atomic mass is 16.5. The van der Waals surface area contributed by atoms with Crippen LogP contribution < -0.4 is 29.6 Å². The number of carbonyl (C=O) groups excluding carboxylic acids is 2. The Kier molecular flexibility index (Phi) is 9.36. The van der Waals surface area contributed by atoms with Crippen molar-refractivity contribution < 1.29 is 28.5 Å². The molecule has 0 saturated carbocycles. The van der Waals surface area contributed by atoms with Crippen LogP contribution in [0.4, 0.5) is 11.4 Å². The van der Waals surface area contributed by atoms with E-state index >= 15 is 0 Å². The van der Waals surface area contributed by atoms with Crippen LogP contribution in [0.1, 0.15) is 20.7 Å². The Morgan fingerprint density at radius 1 is 0.462 bits per heavy atom. The molecule has 0 aliphatic heterocycles. The van der Waals surface area contributed by atoms with Crippen LogP contribution in [0, 0.1) is 0 Å². The number of para-hydroxylation sites is 2. The third-order valence-corrected chi connectivity index (χ3v) is 8.66. The van der Waals surface area contributed by atoms with Crippen molar-refractivity contribution in [2.45, 2.75) is 0 Å². The first-order valence-corrected chi connectivity index (χ1v) is 16.4. The lowest BCUT2D eigenvalue weighted by molar-refractivity contribution is 0.102. The van der Waals surface area contributed by atoms with E-state index in [-0.39, 0.29) is 11.8 Å². The van der Waals surface area contributed by atoms with Crippen LogP contribution in [0.15, 0.2) is 121 Å². The van der Waals surface area contributed by atoms with Crippen molar-refractivity contribution in [3.63, 3.8) is 0 Å². The summed E-state index contributed by atoms with van der Waals surface area (Å²) in [6.45, 7) is 0. The number of methoxy groups -OCH3 is 4. The minimum Gasteiger partial charge on any atom is -0.493 e. The molecule has 10 nitrogen and oxygen atoms in total. The van der Waals surface area contributed by atoms with E-state index < -0.39 is 0 Å². The van der Waals surface area contributed by atoms with Crippen molar-refractivity contribution in [3.8, 4) is 45.5 Å². The molecule has 2 heterocycles. The first kappa shape index (κ1) is 33.6. The molecule has 0 spiro atoms. The van der Waals surface area contributed by atoms with Crippen molar-refractivity contribution >= 4 is 45.0 Å². The van der Waals surface area contributed by atoms with Crippen molar-refractivity contribution in [1.82, 2.24) is 9.97 Å². The fourth-order valence-electron chi connectivity index (χ4n) is 6.08. The van der Waals surface area contributed by atoms with E-state index in [1.165, 1.54) is 0 Å². The van der Waals surface area contributed by atoms with Crippen molar-refractivity contribution in [1.29, 1.82) is 0 Å². The fourth-order valence-corrected chi connectivity index (χ4v) is 6.08. The Balaban J connectivity index is 1.17. The van der Waals surface area contributed by atoms with Gasteiger partial charge in [0.15, 0.2) is 23.0 Å². The normalized spacial score (nSPS) is 10.8. The minimum atomic E-state index is -0.330. The Morgan fingerprint density at radius 3 is 1.31 bits per heavy atom. The number of hydrogen-bond acceptors (Lipinski definition) is 8. The average Bonchev–Trinajstić information content (AvgIpc) is 3.19. The van der Waals surface area contributed by atoms with Gasteiger partial charge in [0.2, 0.25) is 0 Å². The van der Waals surface area contributed by atoms with E-state index in [1.807, 2.05) is 72.8 Å². The van der Waals surface area contributed by atoms with E-state index in [2.05, 4.69) is 10.6 Å². The van der Waals surface area contributed by atoms with Gasteiger partial charge in [-0.05, 0) is 78.9 Å². The monoisotopic (exact) mass is 690 g/mol. The second-order valence-corrected chi connectivity index (χ2v) is 11.8. The molecular weight excluding hydrogens is 656 g/mol. The van der Waals surface area contributed by atoms with Gasteiger partial charge in [-0.15, -0.1) is 0 Å². The summed E-state index contributed by atoms with van der Waals surface area (Å²) in [7, 11) is 6.30. The zero-order valence-corrected chi connectivity index (χ0v) is 28.9. The molecule has 0 fully saturated rings. The molecule has 0 aliphatic rings. The molecule has 0 atom stereocenters. The van der Waals surface area contributed by atoms with Gasteiger partial charge in [0.1, 0.15) is 0 Å². The van der Waals surface area contributed by atoms with Crippen molar-refractivity contribution in [2.24, 2.45) is 0 Å². The molecule has 0 saturated heterocycles. The van der Waals surface area contributed by atoms with Gasteiger partial charge < -0.3 is 29.6 Å². The van der Waals surface area contributed by atoms with Crippen molar-refractivity contribution in [3.05, 3.63) is 132 Å². The summed E-state index contributed by atoms with van der Waals surface area (Å²) >= 11 is 0. The van der Waals surface area contributed by atoms with Crippen LogP contribution >= 0.6 is 0 Å². The first-order valence-electron chi connectivity index (χ1n) is 16.4. The van der Waals surface area contributed by atoms with Gasteiger partial charge in [0.05, 0.1) is 62.0 Å². The highest BCUT2D eigenvalue weighted by molar-refractivity contribution is 6.15. The molecule has 0 aliphatic carbocycles. The summed E-state index contributed by atoms with van der Waals surface area (Å²) in [5, 5.41) is 7.41. The van der Waals surface area contributed by atoms with Gasteiger partial charge in [-0.2, -0.15) is 0 Å². The quantitative estimate of drug-likeness (QED) is 0.146. The van der Waals surface area contributed by atoms with E-state index in [1.54, 1.807) is 77.0 Å². The highest BCUT2D eigenvalue weighted by Gasteiger charge is 2.18. The Bertz CT molecular complexity index is 2310. The van der Waals surface area contributed by atoms with E-state index in [4.69, 9.17) is 28.9 Å². The van der Waals surface area contributed by atoms with Crippen LogP contribution in [-0.4, -0.2) is 50.2 Å². The number of hydrogen-bond donors (Lipinski definition) is 2. The van der Waals surface area contributed by atoms with Gasteiger partial charge >= 0.3 is 0 Å². The minimum absolute atomic E-state index is 0.330. The lowest BCUT2D eigenvalue weighted by Crippen LogP contribution is -2.15. The largest absolute Gasteiger partial charge is 0.493 e. The van der Waals surface area contributed by atoms with Crippen LogP contribution in [0.3, 0.4) is 0 Å². The Labute approximate surface area is 300 Å². The third kappa shape index (κ3) is 6.65. The predicted octanol–water partition coefficient (Wildman–Crippen LogP) is 8.66. The zero-order chi connectivity index (χ0) is 36.2. The topological polar surface area (TPSA) is 121 Å². The number of fused-ring (bicyclic) bond motifs is 2. The number of benzene rings is 5. The number of pyridine rings is 2. The first-order chi connectivity index (χ1) is 25.4. The highest BCUT2D eigenvalue weighted by Crippen LogP contribution is 2.35. The summed E-state index contributed by atoms with van der Waals surface area (Å²) in [5.74, 6) is 1.63. The molecule has 2 aromatic heterocycles. The lowest BCUT2D eigenvalue weighted by Gasteiger charge is -2.14. The zero-order valence-electron chi connectivity index (χ0n) is 28.9. The second-order valence-electron chi connectivity index (χ2n) is 11.8. The molecule has 7 aromatic rings. The maximum absolute atomic E-state index is 13.9. The number of amides is 2. The van der Waals surface area contributed by atoms with Crippen LogP contribution in [0.25, 0.3) is 44.3 Å². The summed E-state index contributed by atoms with van der Waals surface area (Å²) < 4.78 is 21.8. The molecule has 0 bridgehead atoms. The van der Waals surface area contributed by atoms with Crippen LogP contribution in [0.2, 0.25) is 0 Å². The lowest BCUT2D eigenvalue weighted by atomic mass is 10.0. The summed E-state index contributed by atoms with van der Waals surface area (Å²) in [5.41, 5.74) is 5.94. The SMILES string of the molecule is COc1ccc(-c2cc(C(=O)Nc3cccc(NC(=O)c4cc(-c5ccc(OC)c(OC)c5)nc5ccccc45)c3)c3ccccc3n2)cc1OC. The number of carbonyl (C=O) groups is 2. The predicted molar refractivity (Wildman–Crippen MR) is 203 cm³/mol. The molecule has 2 N–H and O–H groups in total. The molecule has 10 heteroatoms. The van der Waals surface area contributed by atoms with Gasteiger partial charge in [-0.1, -0.05) is 42.5 Å². The molecule has 7 rings (SSSR count). The van der Waals surface area contributed by atoms with Crippen molar-refractivity contribution in [2.75, 3.05) is 39.1 Å². The smallest absolute Gasteiger partial charge is 0.256 e. The molecule has 0 unspecified atom stereocenters. The molecule has 0 radical (unpaired) electrons. The fraction of sp³-hybridized carbons (Fsp3) is 0.0952. The standard InChI is InChI=1S/C42H34N4O6/c1-49-37-18-16-25(20-39(37)51-3)35-23-31(29-12-5-7-14-33(29)45-35)41(47)43-27-10-9-11-28(22-27)44-42(48)32-24-36(46-34-15-8-6-13-30(32)34)26-17-19-38(50-2)40(21-26)52-4/h5-24H,1-4H3,(H,43,47)(H,44,48). The second kappa shape index (κ2) is 14.5. The van der Waals surface area contributed by atoms with Crippen LogP contribution in [0.5, 0.6) is 23.0 Å². The molecule has 5 aromatic carbocycles. The van der Waals surface area contributed by atoms with Gasteiger partial charge in [0, 0.05) is 33.3 Å². The summed E-state index contributed by atoms with van der Waals surface area (Å²) in [6.07, 6.45) is 0. The maximum Gasteiger partial charge on any atom is 0.256 e. The average molecular weight is 691 g/mol. The third-order valence-electron chi connectivity index (χ3n) is 8.66. The van der Waals surface area contributed by atoms with Crippen LogP contribution in [-0.2, 0) is 0 Å². The maximum atomic E-state index is 13.9. The molecule has 2 amide bonds. The van der Waals surface area contributed by atoms with Gasteiger partial charge in [0.25, 0.3) is 11.8 Å². The molecular formula is C42H34N4O6. The number of nitrogens with zero attached hydrogens (tertiary/aromatic N) is 2. The number of nitrogens with one attached hydrogen (secondary N) is 2. The molecule has 52 heavy (non-hydrogen) atoms. The number of ether oxygens (including phenoxy) is 4.